The molecule has 0 aromatic carbocycles. The molecule has 6 nitrogen and oxygen atoms in total. The number of amides is 1. The van der Waals surface area contributed by atoms with Gasteiger partial charge in [-0.1, -0.05) is 6.92 Å². The van der Waals surface area contributed by atoms with Gasteiger partial charge in [0.25, 0.3) is 5.91 Å². The van der Waals surface area contributed by atoms with Gasteiger partial charge in [0.1, 0.15) is 11.8 Å². The highest BCUT2D eigenvalue weighted by Crippen LogP contribution is 2.38. The van der Waals surface area contributed by atoms with Crippen LogP contribution in [-0.2, 0) is 16.1 Å². The largest absolute Gasteiger partial charge is 0.467 e. The average Bonchev–Trinajstić information content (AvgIpc) is 3.24. The first-order valence-corrected chi connectivity index (χ1v) is 7.56. The molecule has 1 aliphatic rings. The second-order valence-electron chi connectivity index (χ2n) is 5.49. The van der Waals surface area contributed by atoms with Crippen molar-refractivity contribution in [2.75, 3.05) is 6.54 Å². The summed E-state index contributed by atoms with van der Waals surface area (Å²) in [6, 6.07) is 3.35. The Bertz CT molecular complexity index is 634. The highest BCUT2D eigenvalue weighted by molar-refractivity contribution is 6.39. The van der Waals surface area contributed by atoms with Crippen LogP contribution in [0.15, 0.2) is 41.5 Å². The number of carbonyl (C=O) groups excluding carboxylic acids is 2. The fourth-order valence-corrected chi connectivity index (χ4v) is 3.09. The van der Waals surface area contributed by atoms with Crippen LogP contribution in [0.5, 0.6) is 0 Å². The minimum Gasteiger partial charge on any atom is -0.467 e. The van der Waals surface area contributed by atoms with E-state index in [-0.39, 0.29) is 23.7 Å². The van der Waals surface area contributed by atoms with Gasteiger partial charge in [-0.2, -0.15) is 0 Å². The molecule has 2 unspecified atom stereocenters. The Balaban J connectivity index is 1.74. The van der Waals surface area contributed by atoms with Gasteiger partial charge in [0.05, 0.1) is 18.5 Å². The zero-order chi connectivity index (χ0) is 15.5. The van der Waals surface area contributed by atoms with E-state index in [0.29, 0.717) is 18.7 Å². The molecule has 2 aromatic rings. The molecule has 0 bridgehead atoms. The van der Waals surface area contributed by atoms with Crippen LogP contribution in [0.4, 0.5) is 0 Å². The van der Waals surface area contributed by atoms with E-state index in [4.69, 9.17) is 4.42 Å². The number of hydrogen-bond donors (Lipinski definition) is 0. The van der Waals surface area contributed by atoms with Crippen LogP contribution in [0, 0.1) is 5.92 Å². The molecule has 2 atom stereocenters. The van der Waals surface area contributed by atoms with Crippen molar-refractivity contribution in [3.63, 3.8) is 0 Å². The van der Waals surface area contributed by atoms with Gasteiger partial charge in [0, 0.05) is 25.5 Å². The van der Waals surface area contributed by atoms with E-state index in [1.54, 1.807) is 29.8 Å². The fourth-order valence-electron chi connectivity index (χ4n) is 3.09. The van der Waals surface area contributed by atoms with Gasteiger partial charge in [-0.25, -0.2) is 4.98 Å². The normalized spacial score (nSPS) is 21.8. The van der Waals surface area contributed by atoms with E-state index in [1.807, 2.05) is 23.8 Å². The molecule has 22 heavy (non-hydrogen) atoms. The number of furan rings is 1. The third kappa shape index (κ3) is 2.56. The number of nitrogens with zero attached hydrogens (tertiary/aromatic N) is 3. The maximum atomic E-state index is 12.3. The maximum absolute atomic E-state index is 12.3. The monoisotopic (exact) mass is 301 g/mol. The van der Waals surface area contributed by atoms with E-state index in [2.05, 4.69) is 4.98 Å². The molecule has 3 heterocycles. The molecule has 1 fully saturated rings. The maximum Gasteiger partial charge on any atom is 0.290 e. The van der Waals surface area contributed by atoms with Gasteiger partial charge < -0.3 is 13.9 Å². The number of ketones is 1. The predicted molar refractivity (Wildman–Crippen MR) is 78.8 cm³/mol. The molecule has 0 aliphatic carbocycles. The zero-order valence-electron chi connectivity index (χ0n) is 12.5. The number of rotatable bonds is 6. The van der Waals surface area contributed by atoms with E-state index in [0.717, 1.165) is 13.0 Å². The number of aromatic nitrogens is 2. The summed E-state index contributed by atoms with van der Waals surface area (Å²) < 4.78 is 7.43. The third-order valence-corrected chi connectivity index (χ3v) is 4.17. The number of imidazole rings is 1. The standard InChI is InChI=1S/C16H19N3O3/c1-2-12-14(13-5-3-10-22-13)19(16(21)15(12)20)8-4-7-18-9-6-17-11-18/h3,5-6,9-12,14H,2,4,7-8H2,1H3. The molecular formula is C16H19N3O3. The smallest absolute Gasteiger partial charge is 0.290 e. The summed E-state index contributed by atoms with van der Waals surface area (Å²) in [5.41, 5.74) is 0. The summed E-state index contributed by atoms with van der Waals surface area (Å²) in [5.74, 6) is -0.314. The predicted octanol–water partition coefficient (Wildman–Crippen LogP) is 2.04. The first kappa shape index (κ1) is 14.6. The Morgan fingerprint density at radius 3 is 2.82 bits per heavy atom. The molecule has 0 spiro atoms. The number of carbonyl (C=O) groups is 2. The Labute approximate surface area is 128 Å². The highest BCUT2D eigenvalue weighted by atomic mass is 16.3. The van der Waals surface area contributed by atoms with Gasteiger partial charge >= 0.3 is 0 Å². The van der Waals surface area contributed by atoms with Crippen LogP contribution < -0.4 is 0 Å². The van der Waals surface area contributed by atoms with E-state index >= 15 is 0 Å². The lowest BCUT2D eigenvalue weighted by molar-refractivity contribution is -0.141. The van der Waals surface area contributed by atoms with Crippen LogP contribution in [0.1, 0.15) is 31.6 Å². The number of aryl methyl sites for hydroxylation is 1. The van der Waals surface area contributed by atoms with Crippen LogP contribution in [0.25, 0.3) is 0 Å². The van der Waals surface area contributed by atoms with Gasteiger partial charge in [-0.05, 0) is 25.0 Å². The lowest BCUT2D eigenvalue weighted by atomic mass is 9.94. The fraction of sp³-hybridized carbons (Fsp3) is 0.438. The molecule has 0 radical (unpaired) electrons. The van der Waals surface area contributed by atoms with E-state index in [9.17, 15) is 9.59 Å². The van der Waals surface area contributed by atoms with Crippen LogP contribution in [-0.4, -0.2) is 32.7 Å². The lowest BCUT2D eigenvalue weighted by Crippen LogP contribution is -2.31. The number of hydrogen-bond acceptors (Lipinski definition) is 4. The van der Waals surface area contributed by atoms with Crippen molar-refractivity contribution < 1.29 is 14.0 Å². The van der Waals surface area contributed by atoms with Crippen LogP contribution in [0.3, 0.4) is 0 Å². The molecule has 0 saturated carbocycles. The minimum absolute atomic E-state index is 0.275. The van der Waals surface area contributed by atoms with Gasteiger partial charge in [0.2, 0.25) is 5.78 Å². The van der Waals surface area contributed by atoms with E-state index in [1.165, 1.54) is 0 Å². The molecule has 0 N–H and O–H groups in total. The Morgan fingerprint density at radius 1 is 1.32 bits per heavy atom. The summed E-state index contributed by atoms with van der Waals surface area (Å²) in [5, 5.41) is 0. The second kappa shape index (κ2) is 6.17. The van der Waals surface area contributed by atoms with Crippen LogP contribution >= 0.6 is 0 Å². The molecule has 116 valence electrons. The van der Waals surface area contributed by atoms with Gasteiger partial charge in [-0.3, -0.25) is 9.59 Å². The Hall–Kier alpha value is -2.37. The van der Waals surface area contributed by atoms with Crippen molar-refractivity contribution in [2.24, 2.45) is 5.92 Å². The Morgan fingerprint density at radius 2 is 2.18 bits per heavy atom. The zero-order valence-corrected chi connectivity index (χ0v) is 12.5. The highest BCUT2D eigenvalue weighted by Gasteiger charge is 2.47. The first-order chi connectivity index (χ1) is 10.7. The van der Waals surface area contributed by atoms with Crippen molar-refractivity contribution in [2.45, 2.75) is 32.4 Å². The SMILES string of the molecule is CCC1C(=O)C(=O)N(CCCn2ccnc2)C1c1ccco1. The van der Waals surface area contributed by atoms with Crippen molar-refractivity contribution in [3.8, 4) is 0 Å². The molecular weight excluding hydrogens is 282 g/mol. The molecule has 2 aromatic heterocycles. The topological polar surface area (TPSA) is 68.3 Å². The molecule has 1 amide bonds. The average molecular weight is 301 g/mol. The molecule has 6 heteroatoms. The summed E-state index contributed by atoms with van der Waals surface area (Å²) in [6.07, 6.45) is 8.34. The molecule has 1 saturated heterocycles. The number of likely N-dealkylation sites (tertiary alicyclic amines) is 1. The van der Waals surface area contributed by atoms with Crippen molar-refractivity contribution in [3.05, 3.63) is 42.9 Å². The second-order valence-corrected chi connectivity index (χ2v) is 5.49. The summed E-state index contributed by atoms with van der Waals surface area (Å²) >= 11 is 0. The van der Waals surface area contributed by atoms with Crippen LogP contribution in [0.2, 0.25) is 0 Å². The minimum atomic E-state index is -0.390. The molecule has 3 rings (SSSR count). The number of Topliss-reactive ketones (excluding diaryl/α,β-unsaturated/α-hetero) is 1. The first-order valence-electron chi connectivity index (χ1n) is 7.56. The quantitative estimate of drug-likeness (QED) is 0.766. The third-order valence-electron chi connectivity index (χ3n) is 4.17. The van der Waals surface area contributed by atoms with Gasteiger partial charge in [-0.15, -0.1) is 0 Å². The van der Waals surface area contributed by atoms with Crippen molar-refractivity contribution in [1.29, 1.82) is 0 Å². The summed E-state index contributed by atoms with van der Waals surface area (Å²) in [6.45, 7) is 3.23. The Kier molecular flexibility index (Phi) is 4.09. The van der Waals surface area contributed by atoms with Gasteiger partial charge in [0.15, 0.2) is 0 Å². The van der Waals surface area contributed by atoms with E-state index < -0.39 is 0 Å². The summed E-state index contributed by atoms with van der Waals surface area (Å²) in [4.78, 5) is 30.1. The van der Waals surface area contributed by atoms with Crippen molar-refractivity contribution >= 4 is 11.7 Å². The summed E-state index contributed by atoms with van der Waals surface area (Å²) in [7, 11) is 0. The lowest BCUT2D eigenvalue weighted by Gasteiger charge is -2.25. The molecule has 1 aliphatic heterocycles. The van der Waals surface area contributed by atoms with Crippen molar-refractivity contribution in [1.82, 2.24) is 14.5 Å².